The smallest absolute Gasteiger partial charge is 0.323 e. The van der Waals surface area contributed by atoms with E-state index >= 15 is 0 Å². The van der Waals surface area contributed by atoms with Crippen molar-refractivity contribution in [2.75, 3.05) is 27.2 Å². The molecular formula is C24H38N2O4. The van der Waals surface area contributed by atoms with E-state index in [9.17, 15) is 4.79 Å². The topological polar surface area (TPSA) is 74.0 Å². The molecule has 3 rings (SSSR count). The lowest BCUT2D eigenvalue weighted by molar-refractivity contribution is -0.160. The zero-order valence-corrected chi connectivity index (χ0v) is 17.6. The monoisotopic (exact) mass is 431 g/mol. The van der Waals surface area contributed by atoms with Gasteiger partial charge in [0.15, 0.2) is 11.5 Å². The molecule has 6 heteroatoms. The minimum atomic E-state index is -3.13. The first-order valence-electron chi connectivity index (χ1n) is 16.4. The molecule has 1 aromatic carbocycles. The number of rotatable bonds is 7. The first-order chi connectivity index (χ1) is 19.2. The quantitative estimate of drug-likeness (QED) is 0.666. The third-order valence-corrected chi connectivity index (χ3v) is 5.47. The Hall–Kier alpha value is -1.79. The van der Waals surface area contributed by atoms with Crippen molar-refractivity contribution in [1.82, 2.24) is 4.90 Å². The van der Waals surface area contributed by atoms with E-state index in [0.717, 1.165) is 17.9 Å². The fourth-order valence-corrected chi connectivity index (χ4v) is 3.76. The van der Waals surface area contributed by atoms with Gasteiger partial charge in [-0.25, -0.2) is 0 Å². The summed E-state index contributed by atoms with van der Waals surface area (Å²) in [4.78, 5) is 14.1. The van der Waals surface area contributed by atoms with Crippen molar-refractivity contribution < 1.29 is 36.8 Å². The summed E-state index contributed by atoms with van der Waals surface area (Å²) in [5.74, 6) is -6.06. The second kappa shape index (κ2) is 9.56. The number of aryl methyl sites for hydroxylation is 1. The second-order valence-corrected chi connectivity index (χ2v) is 7.95. The predicted octanol–water partition coefficient (Wildman–Crippen LogP) is 3.56. The summed E-state index contributed by atoms with van der Waals surface area (Å²) in [6.07, 6.45) is -7.47. The molecule has 0 saturated carbocycles. The van der Waals surface area contributed by atoms with E-state index in [2.05, 4.69) is 0 Å². The van der Waals surface area contributed by atoms with Crippen LogP contribution in [0.4, 0.5) is 0 Å². The molecule has 4 unspecified atom stereocenters. The maximum Gasteiger partial charge on any atom is 0.323 e. The first-order valence-corrected chi connectivity index (χ1v) is 9.86. The van der Waals surface area contributed by atoms with E-state index < -0.39 is 75.6 Å². The Morgan fingerprint density at radius 2 is 2.17 bits per heavy atom. The molecule has 1 aromatic rings. The van der Waals surface area contributed by atoms with Crippen LogP contribution in [-0.4, -0.2) is 50.2 Å². The van der Waals surface area contributed by atoms with E-state index in [0.29, 0.717) is 0 Å². The second-order valence-electron chi connectivity index (χ2n) is 7.95. The Bertz CT molecular complexity index is 1220. The fraction of sp³-hybridized carbons (Fsp3) is 0.708. The lowest BCUT2D eigenvalue weighted by Gasteiger charge is -2.47. The van der Waals surface area contributed by atoms with Crippen molar-refractivity contribution in [3.05, 3.63) is 23.3 Å². The normalized spacial score (nSPS) is 37.9. The molecule has 168 valence electrons. The van der Waals surface area contributed by atoms with Gasteiger partial charge in [-0.2, -0.15) is 0 Å². The largest absolute Gasteiger partial charge is 0.493 e. The van der Waals surface area contributed by atoms with Crippen molar-refractivity contribution >= 4 is 5.97 Å². The summed E-state index contributed by atoms with van der Waals surface area (Å²) < 4.78 is 124. The van der Waals surface area contributed by atoms with Gasteiger partial charge in [0.05, 0.1) is 18.3 Å². The van der Waals surface area contributed by atoms with Crippen LogP contribution in [0.5, 0.6) is 11.5 Å². The number of esters is 1. The van der Waals surface area contributed by atoms with Crippen LogP contribution in [0.25, 0.3) is 0 Å². The van der Waals surface area contributed by atoms with Crippen LogP contribution < -0.4 is 15.2 Å². The van der Waals surface area contributed by atoms with E-state index in [1.165, 1.54) is 13.2 Å². The number of ether oxygens (including phenoxy) is 3. The maximum atomic E-state index is 13.0. The number of carbonyl (C=O) groups is 1. The molecule has 5 atom stereocenters. The molecule has 1 fully saturated rings. The van der Waals surface area contributed by atoms with Gasteiger partial charge >= 0.3 is 5.97 Å². The van der Waals surface area contributed by atoms with Crippen LogP contribution in [0.15, 0.2) is 12.1 Å². The molecule has 0 amide bonds. The number of methoxy groups -OCH3 is 2. The number of nitrogens with zero attached hydrogens (tertiary/aromatic N) is 1. The number of nitrogens with two attached hydrogens (primary N) is 1. The molecule has 0 radical (unpaired) electrons. The Balaban J connectivity index is 2.25. The number of carbonyl (C=O) groups excluding carboxylic acids is 1. The molecule has 0 aliphatic carbocycles. The van der Waals surface area contributed by atoms with Crippen LogP contribution >= 0.6 is 0 Å². The standard InChI is InChI=1S/C24H38N2O4/c1-14(2)9-17-13-26-8-7-16-10-21(28-5)22(29-6)11-18(16)19(26)12-20(17)30-24(27)23(25)15(3)4/h10-11,14-15,17,19-20,23H,7-9,12-13,25H2,1-6H3/t17?,19?,20?,23-/m0/s1/i1D3,5D3,7D2,8D2,9D2,14D/t14?,17?,19?,20?,23-. The van der Waals surface area contributed by atoms with Gasteiger partial charge in [-0.05, 0) is 47.8 Å². The summed E-state index contributed by atoms with van der Waals surface area (Å²) >= 11 is 0. The highest BCUT2D eigenvalue weighted by Gasteiger charge is 2.41. The highest BCUT2D eigenvalue weighted by Crippen LogP contribution is 2.44. The molecule has 0 spiro atoms. The SMILES string of the molecule is [2H]C([2H])([2H])Oc1cc2c(cc1OC)C1CC(OC(=O)[C@@H](N)C(C)C)C(C([2H])([2H])C([2H])(C)C([2H])([2H])[2H])CN1C([2H])([2H])C2([2H])[2H]. The zero-order chi connectivity index (χ0) is 33.3. The predicted molar refractivity (Wildman–Crippen MR) is 118 cm³/mol. The average Bonchev–Trinajstić information content (AvgIpc) is 2.84. The maximum absolute atomic E-state index is 13.0. The molecule has 0 bridgehead atoms. The minimum absolute atomic E-state index is 0.0953. The Labute approximate surface area is 199 Å². The van der Waals surface area contributed by atoms with Gasteiger partial charge in [-0.15, -0.1) is 0 Å². The summed E-state index contributed by atoms with van der Waals surface area (Å²) in [5, 5.41) is 0. The van der Waals surface area contributed by atoms with Gasteiger partial charge in [-0.3, -0.25) is 9.69 Å². The highest BCUT2D eigenvalue weighted by molar-refractivity contribution is 5.76. The van der Waals surface area contributed by atoms with Gasteiger partial charge in [0.25, 0.3) is 0 Å². The zero-order valence-electron chi connectivity index (χ0n) is 30.6. The van der Waals surface area contributed by atoms with Crippen LogP contribution in [0, 0.1) is 17.7 Å². The highest BCUT2D eigenvalue weighted by atomic mass is 16.5. The van der Waals surface area contributed by atoms with Crippen molar-refractivity contribution in [2.45, 2.75) is 65.0 Å². The van der Waals surface area contributed by atoms with Crippen LogP contribution in [-0.2, 0) is 15.9 Å². The van der Waals surface area contributed by atoms with E-state index in [4.69, 9.17) is 37.8 Å². The third kappa shape index (κ3) is 4.75. The number of benzene rings is 1. The summed E-state index contributed by atoms with van der Waals surface area (Å²) in [5.41, 5.74) is 5.88. The molecule has 30 heavy (non-hydrogen) atoms. The van der Waals surface area contributed by atoms with Crippen LogP contribution in [0.2, 0.25) is 0 Å². The molecule has 2 N–H and O–H groups in total. The summed E-state index contributed by atoms with van der Waals surface area (Å²) in [7, 11) is -1.70. The van der Waals surface area contributed by atoms with Gasteiger partial charge in [0.1, 0.15) is 12.1 Å². The molecule has 0 aromatic heterocycles. The van der Waals surface area contributed by atoms with Crippen molar-refractivity contribution in [2.24, 2.45) is 23.5 Å². The number of hydrogen-bond acceptors (Lipinski definition) is 6. The van der Waals surface area contributed by atoms with Gasteiger partial charge < -0.3 is 19.9 Å². The summed E-state index contributed by atoms with van der Waals surface area (Å²) in [6, 6.07) is 0.154. The Morgan fingerprint density at radius 3 is 2.83 bits per heavy atom. The van der Waals surface area contributed by atoms with Crippen LogP contribution in [0.1, 0.15) is 75.4 Å². The molecule has 2 heterocycles. The van der Waals surface area contributed by atoms with Crippen molar-refractivity contribution in [3.63, 3.8) is 0 Å². The van der Waals surface area contributed by atoms with E-state index in [1.54, 1.807) is 13.8 Å². The molecule has 2 aliphatic heterocycles. The van der Waals surface area contributed by atoms with Crippen LogP contribution in [0.3, 0.4) is 0 Å². The first kappa shape index (κ1) is 11.2. The van der Waals surface area contributed by atoms with Gasteiger partial charge in [-0.1, -0.05) is 27.6 Å². The molecule has 2 aliphatic rings. The number of fused-ring (bicyclic) bond motifs is 3. The Kier molecular flexibility index (Phi) is 3.57. The molecule has 1 saturated heterocycles. The van der Waals surface area contributed by atoms with E-state index in [-0.39, 0.29) is 35.0 Å². The molecule has 6 nitrogen and oxygen atoms in total. The Morgan fingerprint density at radius 1 is 1.40 bits per heavy atom. The van der Waals surface area contributed by atoms with Gasteiger partial charge in [0.2, 0.25) is 0 Å². The summed E-state index contributed by atoms with van der Waals surface area (Å²) in [6.45, 7) is -2.42. The van der Waals surface area contributed by atoms with E-state index in [1.807, 2.05) is 0 Å². The lowest BCUT2D eigenvalue weighted by atomic mass is 9.79. The third-order valence-electron chi connectivity index (χ3n) is 5.47. The van der Waals surface area contributed by atoms with Gasteiger partial charge in [0, 0.05) is 45.1 Å². The fourth-order valence-electron chi connectivity index (χ4n) is 3.76. The lowest BCUT2D eigenvalue weighted by Crippen LogP contribution is -2.51. The van der Waals surface area contributed by atoms with Crippen molar-refractivity contribution in [3.8, 4) is 11.5 Å². The molecular weight excluding hydrogens is 380 g/mol. The average molecular weight is 432 g/mol. The minimum Gasteiger partial charge on any atom is -0.493 e. The number of hydrogen-bond donors (Lipinski definition) is 1. The van der Waals surface area contributed by atoms with Crippen molar-refractivity contribution in [1.29, 1.82) is 0 Å². The number of piperidine rings is 1.